The summed E-state index contributed by atoms with van der Waals surface area (Å²) < 4.78 is 5.23. The van der Waals surface area contributed by atoms with Gasteiger partial charge in [-0.3, -0.25) is 9.59 Å². The monoisotopic (exact) mass is 285 g/mol. The van der Waals surface area contributed by atoms with Crippen LogP contribution in [0.2, 0.25) is 0 Å². The van der Waals surface area contributed by atoms with Crippen LogP contribution in [-0.4, -0.2) is 78.2 Å². The lowest BCUT2D eigenvalue weighted by molar-refractivity contribution is -0.138. The Hall–Kier alpha value is -1.83. The zero-order valence-corrected chi connectivity index (χ0v) is 11.4. The highest BCUT2D eigenvalue weighted by molar-refractivity contribution is 5.88. The molecule has 0 aromatic carbocycles. The number of urea groups is 1. The summed E-state index contributed by atoms with van der Waals surface area (Å²) in [6, 6.07) is -1.12. The summed E-state index contributed by atoms with van der Waals surface area (Å²) in [4.78, 5) is 37.9. The summed E-state index contributed by atoms with van der Waals surface area (Å²) in [6.45, 7) is 0.447. The van der Waals surface area contributed by atoms with Gasteiger partial charge >= 0.3 is 12.0 Å². The van der Waals surface area contributed by atoms with Crippen LogP contribution in [0.5, 0.6) is 0 Å². The van der Waals surface area contributed by atoms with Gasteiger partial charge < -0.3 is 25.0 Å². The molecular formula is C12H19N3O5. The maximum Gasteiger partial charge on any atom is 0.323 e. The Kier molecular flexibility index (Phi) is 4.43. The molecule has 8 heteroatoms. The molecule has 0 radical (unpaired) electrons. The van der Waals surface area contributed by atoms with Crippen molar-refractivity contribution in [3.63, 3.8) is 0 Å². The van der Waals surface area contributed by atoms with E-state index in [9.17, 15) is 14.4 Å². The van der Waals surface area contributed by atoms with Crippen molar-refractivity contribution in [3.8, 4) is 0 Å². The normalized spacial score (nSPS) is 22.2. The molecule has 1 saturated heterocycles. The quantitative estimate of drug-likeness (QED) is 0.697. The topological polar surface area (TPSA) is 99.2 Å². The molecule has 1 heterocycles. The lowest BCUT2D eigenvalue weighted by atomic mass is 10.2. The van der Waals surface area contributed by atoms with E-state index in [0.29, 0.717) is 13.2 Å². The molecule has 0 aromatic rings. The van der Waals surface area contributed by atoms with Crippen LogP contribution in [0, 0.1) is 0 Å². The molecule has 2 rings (SSSR count). The van der Waals surface area contributed by atoms with Gasteiger partial charge in [0.15, 0.2) is 0 Å². The number of morpholine rings is 1. The van der Waals surface area contributed by atoms with Gasteiger partial charge in [-0.15, -0.1) is 0 Å². The van der Waals surface area contributed by atoms with Crippen LogP contribution in [-0.2, 0) is 14.3 Å². The van der Waals surface area contributed by atoms with E-state index >= 15 is 0 Å². The third-order valence-electron chi connectivity index (χ3n) is 3.46. The molecule has 1 aliphatic carbocycles. The second kappa shape index (κ2) is 6.08. The van der Waals surface area contributed by atoms with Gasteiger partial charge in [-0.25, -0.2) is 4.79 Å². The minimum Gasteiger partial charge on any atom is -0.480 e. The summed E-state index contributed by atoms with van der Waals surface area (Å²) in [5.41, 5.74) is 0. The summed E-state index contributed by atoms with van der Waals surface area (Å²) in [5, 5.41) is 11.4. The average Bonchev–Trinajstić information content (AvgIpc) is 3.27. The number of nitrogens with zero attached hydrogens (tertiary/aromatic N) is 2. The lowest BCUT2D eigenvalue weighted by Crippen LogP contribution is -2.59. The number of carbonyl (C=O) groups excluding carboxylic acids is 2. The number of aliphatic carboxylic acids is 1. The van der Waals surface area contributed by atoms with Gasteiger partial charge in [-0.05, 0) is 12.8 Å². The van der Waals surface area contributed by atoms with E-state index in [-0.39, 0.29) is 25.1 Å². The average molecular weight is 285 g/mol. The number of amides is 3. The highest BCUT2D eigenvalue weighted by atomic mass is 16.5. The van der Waals surface area contributed by atoms with Gasteiger partial charge in [0.1, 0.15) is 12.6 Å². The molecular weight excluding hydrogens is 266 g/mol. The molecule has 112 valence electrons. The smallest absolute Gasteiger partial charge is 0.323 e. The first-order valence-electron chi connectivity index (χ1n) is 6.63. The third-order valence-corrected chi connectivity index (χ3v) is 3.46. The highest BCUT2D eigenvalue weighted by Gasteiger charge is 2.40. The van der Waals surface area contributed by atoms with E-state index in [1.807, 2.05) is 0 Å². The van der Waals surface area contributed by atoms with Crippen LogP contribution in [0.3, 0.4) is 0 Å². The first kappa shape index (κ1) is 14.6. The standard InChI is InChI=1S/C12H19N3O5/c1-13-11(18)9-7-20-5-4-14(9)12(19)15(6-10(16)17)8-2-3-8/h8-9H,2-7H2,1H3,(H,13,18)(H,16,17). The predicted octanol–water partition coefficient (Wildman–Crippen LogP) is -0.898. The number of carboxylic acid groups (broad SMARTS) is 1. The summed E-state index contributed by atoms with van der Waals surface area (Å²) in [7, 11) is 1.50. The van der Waals surface area contributed by atoms with E-state index in [0.717, 1.165) is 12.8 Å². The minimum atomic E-state index is -1.05. The largest absolute Gasteiger partial charge is 0.480 e. The summed E-state index contributed by atoms with van der Waals surface area (Å²) >= 11 is 0. The van der Waals surface area contributed by atoms with Crippen molar-refractivity contribution in [2.24, 2.45) is 0 Å². The fourth-order valence-electron chi connectivity index (χ4n) is 2.27. The van der Waals surface area contributed by atoms with E-state index in [4.69, 9.17) is 9.84 Å². The number of carbonyl (C=O) groups is 3. The van der Waals surface area contributed by atoms with Crippen molar-refractivity contribution in [2.45, 2.75) is 24.9 Å². The van der Waals surface area contributed by atoms with Crippen LogP contribution in [0.4, 0.5) is 4.79 Å². The maximum absolute atomic E-state index is 12.5. The predicted molar refractivity (Wildman–Crippen MR) is 68.1 cm³/mol. The highest BCUT2D eigenvalue weighted by Crippen LogP contribution is 2.28. The van der Waals surface area contributed by atoms with Gasteiger partial charge in [0, 0.05) is 19.6 Å². The van der Waals surface area contributed by atoms with E-state index in [1.54, 1.807) is 0 Å². The molecule has 1 saturated carbocycles. The molecule has 0 aromatic heterocycles. The SMILES string of the molecule is CNC(=O)C1COCCN1C(=O)N(CC(=O)O)C1CC1. The van der Waals surface area contributed by atoms with Crippen LogP contribution in [0.25, 0.3) is 0 Å². The van der Waals surface area contributed by atoms with Gasteiger partial charge in [0.25, 0.3) is 0 Å². The number of nitrogens with one attached hydrogen (secondary N) is 1. The minimum absolute atomic E-state index is 0.0215. The Morgan fingerprint density at radius 2 is 2.10 bits per heavy atom. The Balaban J connectivity index is 2.10. The molecule has 1 atom stereocenters. The van der Waals surface area contributed by atoms with Crippen molar-refractivity contribution in [1.82, 2.24) is 15.1 Å². The number of ether oxygens (including phenoxy) is 1. The molecule has 2 aliphatic rings. The third kappa shape index (κ3) is 3.19. The molecule has 3 amide bonds. The van der Waals surface area contributed by atoms with Gasteiger partial charge in [-0.2, -0.15) is 0 Å². The molecule has 20 heavy (non-hydrogen) atoms. The van der Waals surface area contributed by atoms with Crippen LogP contribution in [0.1, 0.15) is 12.8 Å². The summed E-state index contributed by atoms with van der Waals surface area (Å²) in [5.74, 6) is -1.35. The molecule has 0 bridgehead atoms. The fourth-order valence-corrected chi connectivity index (χ4v) is 2.27. The summed E-state index contributed by atoms with van der Waals surface area (Å²) in [6.07, 6.45) is 1.63. The van der Waals surface area contributed by atoms with Crippen molar-refractivity contribution >= 4 is 17.9 Å². The van der Waals surface area contributed by atoms with Gasteiger partial charge in [0.2, 0.25) is 5.91 Å². The Labute approximate surface area is 116 Å². The Morgan fingerprint density at radius 1 is 1.40 bits per heavy atom. The van der Waals surface area contributed by atoms with Crippen LogP contribution < -0.4 is 5.32 Å². The van der Waals surface area contributed by atoms with E-state index in [2.05, 4.69) is 5.32 Å². The molecule has 0 spiro atoms. The first-order valence-corrected chi connectivity index (χ1v) is 6.63. The first-order chi connectivity index (χ1) is 9.54. The number of rotatable bonds is 4. The fraction of sp³-hybridized carbons (Fsp3) is 0.750. The second-order valence-electron chi connectivity index (χ2n) is 4.93. The van der Waals surface area contributed by atoms with Gasteiger partial charge in [-0.1, -0.05) is 0 Å². The van der Waals surface area contributed by atoms with E-state index < -0.39 is 18.0 Å². The second-order valence-corrected chi connectivity index (χ2v) is 4.93. The molecule has 2 N–H and O–H groups in total. The van der Waals surface area contributed by atoms with Crippen molar-refractivity contribution < 1.29 is 24.2 Å². The Bertz CT molecular complexity index is 410. The van der Waals surface area contributed by atoms with Gasteiger partial charge in [0.05, 0.1) is 13.2 Å². The molecule has 8 nitrogen and oxygen atoms in total. The number of hydrogen-bond acceptors (Lipinski definition) is 4. The van der Waals surface area contributed by atoms with Crippen molar-refractivity contribution in [2.75, 3.05) is 33.4 Å². The zero-order chi connectivity index (χ0) is 14.7. The van der Waals surface area contributed by atoms with Crippen LogP contribution in [0.15, 0.2) is 0 Å². The van der Waals surface area contributed by atoms with E-state index in [1.165, 1.54) is 16.8 Å². The number of likely N-dealkylation sites (N-methyl/N-ethyl adjacent to an activating group) is 1. The molecule has 1 aliphatic heterocycles. The number of hydrogen-bond donors (Lipinski definition) is 2. The zero-order valence-electron chi connectivity index (χ0n) is 11.4. The Morgan fingerprint density at radius 3 is 2.65 bits per heavy atom. The van der Waals surface area contributed by atoms with Crippen molar-refractivity contribution in [1.29, 1.82) is 0 Å². The molecule has 1 unspecified atom stereocenters. The van der Waals surface area contributed by atoms with Crippen LogP contribution >= 0.6 is 0 Å². The molecule has 2 fully saturated rings. The lowest BCUT2D eigenvalue weighted by Gasteiger charge is -2.37. The number of carboxylic acids is 1. The maximum atomic E-state index is 12.5. The van der Waals surface area contributed by atoms with Crippen molar-refractivity contribution in [3.05, 3.63) is 0 Å².